The number of aromatic amines is 1. The van der Waals surface area contributed by atoms with E-state index in [9.17, 15) is 4.79 Å². The van der Waals surface area contributed by atoms with Crippen molar-refractivity contribution in [2.75, 3.05) is 5.73 Å². The van der Waals surface area contributed by atoms with E-state index in [0.717, 1.165) is 0 Å². The third kappa shape index (κ3) is 2.29. The third-order valence-electron chi connectivity index (χ3n) is 1.74. The molecular formula is C8H13N3O2. The summed E-state index contributed by atoms with van der Waals surface area (Å²) in [5.74, 6) is 0.108. The Labute approximate surface area is 75.6 Å². The van der Waals surface area contributed by atoms with Gasteiger partial charge in [-0.05, 0) is 13.8 Å². The first-order chi connectivity index (χ1) is 6.00. The fourth-order valence-corrected chi connectivity index (χ4v) is 1.17. The van der Waals surface area contributed by atoms with Crippen LogP contribution in [0.25, 0.3) is 0 Å². The van der Waals surface area contributed by atoms with Crippen LogP contribution in [0.15, 0.2) is 4.79 Å². The van der Waals surface area contributed by atoms with Crippen molar-refractivity contribution in [1.29, 1.82) is 0 Å². The second kappa shape index (κ2) is 3.57. The number of nitrogens with one attached hydrogen (secondary N) is 1. The largest absolute Gasteiger partial charge is 0.393 e. The highest BCUT2D eigenvalue weighted by Gasteiger charge is 2.08. The quantitative estimate of drug-likeness (QED) is 0.581. The lowest BCUT2D eigenvalue weighted by atomic mass is 10.1. The molecule has 13 heavy (non-hydrogen) atoms. The number of nitrogen functional groups attached to an aromatic ring is 1. The molecule has 4 N–H and O–H groups in total. The van der Waals surface area contributed by atoms with Gasteiger partial charge in [0, 0.05) is 12.0 Å². The van der Waals surface area contributed by atoms with Gasteiger partial charge in [-0.1, -0.05) is 0 Å². The molecule has 0 aromatic carbocycles. The summed E-state index contributed by atoms with van der Waals surface area (Å²) in [4.78, 5) is 17.6. The van der Waals surface area contributed by atoms with Gasteiger partial charge in [0.1, 0.15) is 0 Å². The zero-order chi connectivity index (χ0) is 10.0. The number of H-pyrrole nitrogens is 1. The van der Waals surface area contributed by atoms with Crippen LogP contribution in [-0.4, -0.2) is 21.2 Å². The molecule has 0 saturated heterocycles. The Hall–Kier alpha value is -1.36. The maximum atomic E-state index is 11.3. The number of hydrogen-bond acceptors (Lipinski definition) is 4. The van der Waals surface area contributed by atoms with E-state index in [1.165, 1.54) is 0 Å². The number of hydrogen-bond donors (Lipinski definition) is 3. The van der Waals surface area contributed by atoms with E-state index >= 15 is 0 Å². The van der Waals surface area contributed by atoms with Crippen molar-refractivity contribution in [3.8, 4) is 0 Å². The summed E-state index contributed by atoms with van der Waals surface area (Å²) in [6.07, 6.45) is -0.251. The maximum absolute atomic E-state index is 11.3. The minimum absolute atomic E-state index is 0.108. The number of aliphatic hydroxyl groups excluding tert-OH is 1. The first kappa shape index (κ1) is 9.73. The fourth-order valence-electron chi connectivity index (χ4n) is 1.17. The van der Waals surface area contributed by atoms with Crippen LogP contribution in [0.2, 0.25) is 0 Å². The van der Waals surface area contributed by atoms with Crippen molar-refractivity contribution in [3.63, 3.8) is 0 Å². The van der Waals surface area contributed by atoms with Crippen molar-refractivity contribution < 1.29 is 5.11 Å². The number of nitrogens with zero attached hydrogens (tertiary/aromatic N) is 1. The number of aliphatic hydroxyl groups is 1. The van der Waals surface area contributed by atoms with E-state index < -0.39 is 6.10 Å². The van der Waals surface area contributed by atoms with E-state index in [1.54, 1.807) is 13.8 Å². The molecule has 1 unspecified atom stereocenters. The lowest BCUT2D eigenvalue weighted by Crippen LogP contribution is -2.21. The van der Waals surface area contributed by atoms with Gasteiger partial charge in [0.2, 0.25) is 5.95 Å². The van der Waals surface area contributed by atoms with Crippen LogP contribution in [0, 0.1) is 6.92 Å². The predicted molar refractivity (Wildman–Crippen MR) is 49.4 cm³/mol. The highest BCUT2D eigenvalue weighted by molar-refractivity contribution is 5.24. The van der Waals surface area contributed by atoms with Crippen molar-refractivity contribution in [2.24, 2.45) is 0 Å². The maximum Gasteiger partial charge on any atom is 0.255 e. The summed E-state index contributed by atoms with van der Waals surface area (Å²) >= 11 is 0. The van der Waals surface area contributed by atoms with Crippen molar-refractivity contribution >= 4 is 5.95 Å². The van der Waals surface area contributed by atoms with Gasteiger partial charge < -0.3 is 10.8 Å². The molecule has 0 saturated carbocycles. The molecule has 0 fully saturated rings. The summed E-state index contributed by atoms with van der Waals surface area (Å²) in [6.45, 7) is 3.32. The standard InChI is InChI=1S/C8H13N3O2/c1-4(12)3-6-5(2)10-8(9)11-7(6)13/h4,12H,3H2,1-2H3,(H3,9,10,11,13). The molecule has 0 radical (unpaired) electrons. The Bertz CT molecular complexity index is 357. The Kier molecular flexibility index (Phi) is 2.67. The highest BCUT2D eigenvalue weighted by atomic mass is 16.3. The molecule has 5 heteroatoms. The van der Waals surface area contributed by atoms with Crippen molar-refractivity contribution in [2.45, 2.75) is 26.4 Å². The van der Waals surface area contributed by atoms with E-state index in [2.05, 4.69) is 9.97 Å². The summed E-state index contributed by atoms with van der Waals surface area (Å²) in [5, 5.41) is 9.11. The molecule has 1 heterocycles. The fraction of sp³-hybridized carbons (Fsp3) is 0.500. The van der Waals surface area contributed by atoms with Gasteiger partial charge in [0.25, 0.3) is 5.56 Å². The Morgan fingerprint density at radius 1 is 1.69 bits per heavy atom. The van der Waals surface area contributed by atoms with Crippen LogP contribution in [0.4, 0.5) is 5.95 Å². The third-order valence-corrected chi connectivity index (χ3v) is 1.74. The van der Waals surface area contributed by atoms with Crippen LogP contribution in [0.1, 0.15) is 18.2 Å². The van der Waals surface area contributed by atoms with Crippen LogP contribution in [0.3, 0.4) is 0 Å². The minimum atomic E-state index is -0.551. The molecule has 0 bridgehead atoms. The number of aryl methyl sites for hydroxylation is 1. The van der Waals surface area contributed by atoms with E-state index in [4.69, 9.17) is 10.8 Å². The summed E-state index contributed by atoms with van der Waals surface area (Å²) in [7, 11) is 0. The molecule has 5 nitrogen and oxygen atoms in total. The van der Waals surface area contributed by atoms with E-state index in [-0.39, 0.29) is 11.5 Å². The number of nitrogens with two attached hydrogens (primary N) is 1. The van der Waals surface area contributed by atoms with Crippen molar-refractivity contribution in [1.82, 2.24) is 9.97 Å². The summed E-state index contributed by atoms with van der Waals surface area (Å²) in [6, 6.07) is 0. The highest BCUT2D eigenvalue weighted by Crippen LogP contribution is 2.02. The van der Waals surface area contributed by atoms with Crippen LogP contribution < -0.4 is 11.3 Å². The number of rotatable bonds is 2. The first-order valence-electron chi connectivity index (χ1n) is 4.04. The predicted octanol–water partition coefficient (Wildman–Crippen LogP) is -0.416. The van der Waals surface area contributed by atoms with E-state index in [1.807, 2.05) is 0 Å². The molecule has 0 spiro atoms. The SMILES string of the molecule is Cc1nc(N)[nH]c(=O)c1CC(C)O. The second-order valence-corrected chi connectivity index (χ2v) is 3.07. The molecule has 0 aliphatic heterocycles. The molecule has 1 rings (SSSR count). The van der Waals surface area contributed by atoms with Gasteiger partial charge in [-0.2, -0.15) is 0 Å². The van der Waals surface area contributed by atoms with Crippen molar-refractivity contribution in [3.05, 3.63) is 21.6 Å². The Morgan fingerprint density at radius 3 is 2.77 bits per heavy atom. The lowest BCUT2D eigenvalue weighted by Gasteiger charge is -2.06. The van der Waals surface area contributed by atoms with Gasteiger partial charge in [-0.25, -0.2) is 4.98 Å². The van der Waals surface area contributed by atoms with Crippen LogP contribution >= 0.6 is 0 Å². The van der Waals surface area contributed by atoms with Gasteiger partial charge in [-0.15, -0.1) is 0 Å². The van der Waals surface area contributed by atoms with Gasteiger partial charge >= 0.3 is 0 Å². The summed E-state index contributed by atoms with van der Waals surface area (Å²) < 4.78 is 0. The molecular weight excluding hydrogens is 170 g/mol. The topological polar surface area (TPSA) is 92.0 Å². The molecule has 0 amide bonds. The monoisotopic (exact) mass is 183 g/mol. The van der Waals surface area contributed by atoms with Crippen LogP contribution in [0.5, 0.6) is 0 Å². The van der Waals surface area contributed by atoms with Gasteiger partial charge in [-0.3, -0.25) is 9.78 Å². The molecule has 1 aromatic heterocycles. The van der Waals surface area contributed by atoms with Crippen LogP contribution in [-0.2, 0) is 6.42 Å². The molecule has 72 valence electrons. The molecule has 1 atom stereocenters. The Morgan fingerprint density at radius 2 is 2.31 bits per heavy atom. The van der Waals surface area contributed by atoms with Gasteiger partial charge in [0.05, 0.1) is 11.8 Å². The average molecular weight is 183 g/mol. The van der Waals surface area contributed by atoms with Gasteiger partial charge in [0.15, 0.2) is 0 Å². The zero-order valence-corrected chi connectivity index (χ0v) is 7.66. The normalized spacial score (nSPS) is 12.8. The smallest absolute Gasteiger partial charge is 0.255 e. The Balaban J connectivity index is 3.14. The minimum Gasteiger partial charge on any atom is -0.393 e. The summed E-state index contributed by atoms with van der Waals surface area (Å²) in [5.41, 5.74) is 6.12. The molecule has 1 aromatic rings. The zero-order valence-electron chi connectivity index (χ0n) is 7.66. The first-order valence-corrected chi connectivity index (χ1v) is 4.04. The number of aromatic nitrogens is 2. The molecule has 0 aliphatic carbocycles. The average Bonchev–Trinajstić information content (AvgIpc) is 1.96. The molecule has 0 aliphatic rings. The lowest BCUT2D eigenvalue weighted by molar-refractivity contribution is 0.194. The van der Waals surface area contributed by atoms with E-state index in [0.29, 0.717) is 17.7 Å². The second-order valence-electron chi connectivity index (χ2n) is 3.07. The number of anilines is 1.